The van der Waals surface area contributed by atoms with Crippen molar-refractivity contribution in [1.82, 2.24) is 20.3 Å². The van der Waals surface area contributed by atoms with Gasteiger partial charge in [-0.15, -0.1) is 12.4 Å². The van der Waals surface area contributed by atoms with Crippen molar-refractivity contribution in [2.45, 2.75) is 31.2 Å². The molecule has 1 saturated carbocycles. The Bertz CT molecular complexity index is 759. The van der Waals surface area contributed by atoms with E-state index in [1.165, 1.54) is 0 Å². The van der Waals surface area contributed by atoms with Crippen molar-refractivity contribution >= 4 is 23.3 Å². The second-order valence-electron chi connectivity index (χ2n) is 5.43. The van der Waals surface area contributed by atoms with Gasteiger partial charge in [0.15, 0.2) is 5.82 Å². The quantitative estimate of drug-likeness (QED) is 0.759. The van der Waals surface area contributed by atoms with Gasteiger partial charge in [-0.1, -0.05) is 30.1 Å². The number of rotatable bonds is 2. The molecule has 110 valence electrons. The molecular weight excluding hydrogens is 290 g/mol. The highest BCUT2D eigenvalue weighted by Gasteiger charge is 2.36. The van der Waals surface area contributed by atoms with Gasteiger partial charge in [0, 0.05) is 5.39 Å². The van der Waals surface area contributed by atoms with E-state index in [0.29, 0.717) is 11.7 Å². The Morgan fingerprint density at radius 2 is 2.05 bits per heavy atom. The Morgan fingerprint density at radius 1 is 1.24 bits per heavy atom. The van der Waals surface area contributed by atoms with E-state index in [9.17, 15) is 0 Å². The summed E-state index contributed by atoms with van der Waals surface area (Å²) in [5.41, 5.74) is 7.70. The Hall–Kier alpha value is -1.92. The summed E-state index contributed by atoms with van der Waals surface area (Å²) in [4.78, 5) is 4.51. The maximum Gasteiger partial charge on any atom is 0.260 e. The zero-order valence-electron chi connectivity index (χ0n) is 11.4. The van der Waals surface area contributed by atoms with Gasteiger partial charge in [-0.05, 0) is 18.9 Å². The molecule has 2 aromatic heterocycles. The molecule has 6 nitrogen and oxygen atoms in total. The number of hydrogen-bond acceptors (Lipinski definition) is 5. The number of fused-ring (bicyclic) bond motifs is 1. The van der Waals surface area contributed by atoms with Gasteiger partial charge >= 0.3 is 0 Å². The number of aromatic nitrogens is 4. The third-order valence-corrected chi connectivity index (χ3v) is 4.07. The summed E-state index contributed by atoms with van der Waals surface area (Å²) in [6.07, 6.45) is 5.85. The summed E-state index contributed by atoms with van der Waals surface area (Å²) < 4.78 is 5.42. The maximum absolute atomic E-state index is 6.36. The van der Waals surface area contributed by atoms with Crippen molar-refractivity contribution in [3.63, 3.8) is 0 Å². The van der Waals surface area contributed by atoms with E-state index in [2.05, 4.69) is 20.3 Å². The van der Waals surface area contributed by atoms with Gasteiger partial charge in [0.25, 0.3) is 5.89 Å². The molecule has 0 amide bonds. The molecule has 0 aliphatic heterocycles. The summed E-state index contributed by atoms with van der Waals surface area (Å²) in [5, 5.41) is 12.1. The normalized spacial score (nSPS) is 17.0. The number of hydrogen-bond donors (Lipinski definition) is 2. The topological polar surface area (TPSA) is 93.6 Å². The van der Waals surface area contributed by atoms with Gasteiger partial charge in [0.05, 0.1) is 22.8 Å². The highest BCUT2D eigenvalue weighted by Crippen LogP contribution is 2.36. The standard InChI is InChI=1S/C14H15N5O.ClH/c15-14(6-1-2-7-14)13-17-12(20-19-13)10-5-3-4-9-8-16-18-11(9)10;/h3-5,8H,1-2,6-7,15H2,(H,16,18);1H. The molecule has 2 heterocycles. The van der Waals surface area contributed by atoms with Gasteiger partial charge in [-0.3, -0.25) is 5.10 Å². The van der Waals surface area contributed by atoms with Crippen molar-refractivity contribution in [1.29, 1.82) is 0 Å². The van der Waals surface area contributed by atoms with Crippen LogP contribution in [0.4, 0.5) is 0 Å². The minimum Gasteiger partial charge on any atom is -0.334 e. The van der Waals surface area contributed by atoms with Crippen molar-refractivity contribution in [2.24, 2.45) is 5.73 Å². The minimum absolute atomic E-state index is 0. The SMILES string of the molecule is Cl.NC1(c2noc(-c3cccc4cn[nH]c34)n2)CCCC1. The molecule has 0 unspecified atom stereocenters. The van der Waals surface area contributed by atoms with Crippen LogP contribution in [0.25, 0.3) is 22.4 Å². The van der Waals surface area contributed by atoms with Crippen LogP contribution < -0.4 is 5.73 Å². The second kappa shape index (κ2) is 5.13. The maximum atomic E-state index is 6.36. The largest absolute Gasteiger partial charge is 0.334 e. The zero-order valence-corrected chi connectivity index (χ0v) is 12.2. The summed E-state index contributed by atoms with van der Waals surface area (Å²) in [7, 11) is 0. The third kappa shape index (κ3) is 2.20. The molecule has 0 radical (unpaired) electrons. The Morgan fingerprint density at radius 3 is 2.86 bits per heavy atom. The molecule has 1 aromatic carbocycles. The smallest absolute Gasteiger partial charge is 0.260 e. The lowest BCUT2D eigenvalue weighted by molar-refractivity contribution is 0.373. The minimum atomic E-state index is -0.427. The molecule has 3 aromatic rings. The summed E-state index contributed by atoms with van der Waals surface area (Å²) in [5.74, 6) is 1.10. The Kier molecular flexibility index (Phi) is 3.43. The number of H-pyrrole nitrogens is 1. The number of nitrogens with zero attached hydrogens (tertiary/aromatic N) is 3. The molecular formula is C14H16ClN5O. The number of para-hydroxylation sites is 1. The predicted octanol–water partition coefficient (Wildman–Crippen LogP) is 2.76. The molecule has 4 rings (SSSR count). The Balaban J connectivity index is 0.00000132. The summed E-state index contributed by atoms with van der Waals surface area (Å²) in [6, 6.07) is 5.88. The van der Waals surface area contributed by atoms with Gasteiger partial charge in [0.2, 0.25) is 0 Å². The van der Waals surface area contributed by atoms with Gasteiger partial charge in [-0.2, -0.15) is 10.1 Å². The molecule has 1 aliphatic carbocycles. The van der Waals surface area contributed by atoms with E-state index in [1.807, 2.05) is 18.2 Å². The van der Waals surface area contributed by atoms with Crippen LogP contribution in [0.5, 0.6) is 0 Å². The molecule has 0 atom stereocenters. The number of nitrogens with two attached hydrogens (primary N) is 1. The number of nitrogens with one attached hydrogen (secondary N) is 1. The monoisotopic (exact) mass is 305 g/mol. The fourth-order valence-corrected chi connectivity index (χ4v) is 2.91. The first-order valence-electron chi connectivity index (χ1n) is 6.82. The van der Waals surface area contributed by atoms with Crippen LogP contribution in [-0.4, -0.2) is 20.3 Å². The average molecular weight is 306 g/mol. The lowest BCUT2D eigenvalue weighted by atomic mass is 9.98. The first kappa shape index (κ1) is 14.0. The van der Waals surface area contributed by atoms with E-state index in [1.54, 1.807) is 6.20 Å². The first-order valence-corrected chi connectivity index (χ1v) is 6.82. The van der Waals surface area contributed by atoms with Gasteiger partial charge in [-0.25, -0.2) is 0 Å². The summed E-state index contributed by atoms with van der Waals surface area (Å²) in [6.45, 7) is 0. The van der Waals surface area contributed by atoms with E-state index in [4.69, 9.17) is 10.3 Å². The highest BCUT2D eigenvalue weighted by atomic mass is 35.5. The van der Waals surface area contributed by atoms with Crippen molar-refractivity contribution in [2.75, 3.05) is 0 Å². The molecule has 0 saturated heterocycles. The van der Waals surface area contributed by atoms with Gasteiger partial charge in [0.1, 0.15) is 0 Å². The van der Waals surface area contributed by atoms with E-state index < -0.39 is 5.54 Å². The van der Waals surface area contributed by atoms with Crippen LogP contribution >= 0.6 is 12.4 Å². The molecule has 7 heteroatoms. The van der Waals surface area contributed by atoms with Crippen LogP contribution in [0, 0.1) is 0 Å². The van der Waals surface area contributed by atoms with E-state index >= 15 is 0 Å². The second-order valence-corrected chi connectivity index (χ2v) is 5.43. The molecule has 1 aliphatic rings. The summed E-state index contributed by atoms with van der Waals surface area (Å²) >= 11 is 0. The number of aromatic amines is 1. The van der Waals surface area contributed by atoms with Crippen molar-refractivity contribution < 1.29 is 4.52 Å². The van der Waals surface area contributed by atoms with E-state index in [0.717, 1.165) is 42.1 Å². The predicted molar refractivity (Wildman–Crippen MR) is 81.0 cm³/mol. The third-order valence-electron chi connectivity index (χ3n) is 4.07. The van der Waals surface area contributed by atoms with Crippen LogP contribution in [0.2, 0.25) is 0 Å². The Labute approximate surface area is 127 Å². The average Bonchev–Trinajstić information content (AvgIpc) is 3.18. The number of benzene rings is 1. The van der Waals surface area contributed by atoms with Gasteiger partial charge < -0.3 is 10.3 Å². The lowest BCUT2D eigenvalue weighted by Crippen LogP contribution is -2.34. The van der Waals surface area contributed by atoms with Crippen LogP contribution in [-0.2, 0) is 5.54 Å². The van der Waals surface area contributed by atoms with Crippen molar-refractivity contribution in [3.8, 4) is 11.5 Å². The molecule has 21 heavy (non-hydrogen) atoms. The number of halogens is 1. The molecule has 1 fully saturated rings. The van der Waals surface area contributed by atoms with Crippen molar-refractivity contribution in [3.05, 3.63) is 30.2 Å². The van der Waals surface area contributed by atoms with E-state index in [-0.39, 0.29) is 12.4 Å². The fraction of sp³-hybridized carbons (Fsp3) is 0.357. The van der Waals surface area contributed by atoms with Crippen LogP contribution in [0.1, 0.15) is 31.5 Å². The fourth-order valence-electron chi connectivity index (χ4n) is 2.91. The molecule has 0 spiro atoms. The lowest BCUT2D eigenvalue weighted by Gasteiger charge is -2.17. The zero-order chi connectivity index (χ0) is 13.6. The molecule has 3 N–H and O–H groups in total. The first-order chi connectivity index (χ1) is 9.76. The molecule has 0 bridgehead atoms. The van der Waals surface area contributed by atoms with Crippen LogP contribution in [0.15, 0.2) is 28.9 Å². The van der Waals surface area contributed by atoms with Crippen LogP contribution in [0.3, 0.4) is 0 Å². The highest BCUT2D eigenvalue weighted by molar-refractivity contribution is 5.90.